The van der Waals surface area contributed by atoms with E-state index in [2.05, 4.69) is 66.3 Å². The molecule has 0 fully saturated rings. The fourth-order valence-electron chi connectivity index (χ4n) is 2.96. The van der Waals surface area contributed by atoms with E-state index >= 15 is 0 Å². The molecular weight excluding hydrogens is 322 g/mol. The molecule has 0 bridgehead atoms. The molecule has 21 heavy (non-hydrogen) atoms. The summed E-state index contributed by atoms with van der Waals surface area (Å²) in [6.07, 6.45) is 7.86. The molecule has 1 aromatic rings. The van der Waals surface area contributed by atoms with Crippen LogP contribution in [0.2, 0.25) is 0 Å². The lowest BCUT2D eigenvalue weighted by atomic mass is 9.85. The van der Waals surface area contributed by atoms with Gasteiger partial charge in [-0.2, -0.15) is 0 Å². The van der Waals surface area contributed by atoms with Gasteiger partial charge in [-0.1, -0.05) is 80.6 Å². The van der Waals surface area contributed by atoms with Gasteiger partial charge in [0.15, 0.2) is 0 Å². The number of nitrogens with one attached hydrogen (secondary N) is 1. The highest BCUT2D eigenvalue weighted by atomic mass is 79.9. The van der Waals surface area contributed by atoms with E-state index in [0.717, 1.165) is 19.0 Å². The lowest BCUT2D eigenvalue weighted by Gasteiger charge is -2.24. The largest absolute Gasteiger partial charge is 0.316 e. The van der Waals surface area contributed by atoms with E-state index in [4.69, 9.17) is 0 Å². The predicted octanol–water partition coefficient (Wildman–Crippen LogP) is 6.14. The van der Waals surface area contributed by atoms with Crippen LogP contribution in [0.4, 0.5) is 0 Å². The number of rotatable bonds is 11. The monoisotopic (exact) mass is 353 g/mol. The Morgan fingerprint density at radius 2 is 1.86 bits per heavy atom. The van der Waals surface area contributed by atoms with E-state index in [1.807, 2.05) is 0 Å². The summed E-state index contributed by atoms with van der Waals surface area (Å²) in [5, 5.41) is 3.63. The summed E-state index contributed by atoms with van der Waals surface area (Å²) in [7, 11) is 0. The minimum absolute atomic E-state index is 0.619. The molecule has 0 saturated heterocycles. The van der Waals surface area contributed by atoms with Crippen LogP contribution >= 0.6 is 15.9 Å². The van der Waals surface area contributed by atoms with Gasteiger partial charge in [0, 0.05) is 11.0 Å². The van der Waals surface area contributed by atoms with Crippen molar-refractivity contribution in [1.29, 1.82) is 0 Å². The molecule has 1 nitrogen and oxygen atoms in total. The van der Waals surface area contributed by atoms with Crippen molar-refractivity contribution in [3.8, 4) is 0 Å². The van der Waals surface area contributed by atoms with Crippen molar-refractivity contribution in [3.05, 3.63) is 34.3 Å². The zero-order valence-electron chi connectivity index (χ0n) is 14.0. The van der Waals surface area contributed by atoms with E-state index in [1.54, 1.807) is 0 Å². The number of hydrogen-bond donors (Lipinski definition) is 1. The number of unbranched alkanes of at least 4 members (excludes halogenated alkanes) is 1. The Bertz CT molecular complexity index is 378. The van der Waals surface area contributed by atoms with Gasteiger partial charge in [-0.15, -0.1) is 0 Å². The summed E-state index contributed by atoms with van der Waals surface area (Å²) >= 11 is 3.74. The maximum atomic E-state index is 3.74. The molecule has 0 saturated carbocycles. The molecule has 2 atom stereocenters. The second-order valence-corrected chi connectivity index (χ2v) is 6.93. The maximum Gasteiger partial charge on any atom is 0.0210 e. The lowest BCUT2D eigenvalue weighted by Crippen LogP contribution is -2.24. The van der Waals surface area contributed by atoms with Crippen LogP contribution in [0, 0.1) is 5.92 Å². The highest BCUT2D eigenvalue weighted by Crippen LogP contribution is 2.32. The predicted molar refractivity (Wildman–Crippen MR) is 98.0 cm³/mol. The van der Waals surface area contributed by atoms with Gasteiger partial charge in [-0.3, -0.25) is 0 Å². The zero-order chi connectivity index (χ0) is 15.5. The van der Waals surface area contributed by atoms with Crippen LogP contribution in [0.5, 0.6) is 0 Å². The van der Waals surface area contributed by atoms with E-state index in [-0.39, 0.29) is 0 Å². The molecule has 2 unspecified atom stereocenters. The fourth-order valence-corrected chi connectivity index (χ4v) is 3.57. The molecule has 0 aliphatic heterocycles. The molecule has 0 aromatic heterocycles. The quantitative estimate of drug-likeness (QED) is 0.471. The van der Waals surface area contributed by atoms with Crippen molar-refractivity contribution in [2.75, 3.05) is 13.1 Å². The van der Waals surface area contributed by atoms with Crippen molar-refractivity contribution in [2.24, 2.45) is 5.92 Å². The first-order valence-corrected chi connectivity index (χ1v) is 9.47. The summed E-state index contributed by atoms with van der Waals surface area (Å²) in [6.45, 7) is 9.08. The molecule has 0 amide bonds. The second kappa shape index (κ2) is 11.3. The topological polar surface area (TPSA) is 12.0 Å². The van der Waals surface area contributed by atoms with Crippen LogP contribution in [0.25, 0.3) is 0 Å². The second-order valence-electron chi connectivity index (χ2n) is 6.07. The third kappa shape index (κ3) is 6.97. The summed E-state index contributed by atoms with van der Waals surface area (Å²) in [6, 6.07) is 8.74. The SMILES string of the molecule is CCCCC(CC)CC(CNCCC)c1ccccc1Br. The number of hydrogen-bond acceptors (Lipinski definition) is 1. The van der Waals surface area contributed by atoms with Crippen LogP contribution in [0.3, 0.4) is 0 Å². The summed E-state index contributed by atoms with van der Waals surface area (Å²) in [5.41, 5.74) is 1.47. The molecule has 2 heteroatoms. The molecule has 1 N–H and O–H groups in total. The van der Waals surface area contributed by atoms with Gasteiger partial charge in [0.1, 0.15) is 0 Å². The molecule has 0 aliphatic carbocycles. The third-order valence-corrected chi connectivity index (χ3v) is 5.05. The highest BCUT2D eigenvalue weighted by molar-refractivity contribution is 9.10. The van der Waals surface area contributed by atoms with Gasteiger partial charge in [0.2, 0.25) is 0 Å². The molecule has 0 radical (unpaired) electrons. The van der Waals surface area contributed by atoms with Gasteiger partial charge in [0.25, 0.3) is 0 Å². The van der Waals surface area contributed by atoms with Crippen molar-refractivity contribution in [3.63, 3.8) is 0 Å². The minimum Gasteiger partial charge on any atom is -0.316 e. The van der Waals surface area contributed by atoms with Crippen molar-refractivity contribution < 1.29 is 0 Å². The lowest BCUT2D eigenvalue weighted by molar-refractivity contribution is 0.375. The first-order chi connectivity index (χ1) is 10.2. The standard InChI is InChI=1S/C19H32BrN/c1-4-7-10-16(6-3)14-17(15-21-13-5-2)18-11-8-9-12-19(18)20/h8-9,11-12,16-17,21H,4-7,10,13-15H2,1-3H3. The number of benzene rings is 1. The molecule has 0 heterocycles. The first kappa shape index (κ1) is 18.7. The molecule has 0 spiro atoms. The van der Waals surface area contributed by atoms with Crippen molar-refractivity contribution in [1.82, 2.24) is 5.32 Å². The molecule has 1 aromatic carbocycles. The zero-order valence-corrected chi connectivity index (χ0v) is 15.6. The Kier molecular flexibility index (Phi) is 10.0. The molecule has 1 rings (SSSR count). The van der Waals surface area contributed by atoms with E-state index in [0.29, 0.717) is 5.92 Å². The van der Waals surface area contributed by atoms with Crippen molar-refractivity contribution in [2.45, 2.75) is 65.2 Å². The van der Waals surface area contributed by atoms with Crippen LogP contribution in [-0.4, -0.2) is 13.1 Å². The Labute approximate surface area is 140 Å². The Hall–Kier alpha value is -0.340. The van der Waals surface area contributed by atoms with Gasteiger partial charge in [-0.25, -0.2) is 0 Å². The van der Waals surface area contributed by atoms with Gasteiger partial charge < -0.3 is 5.32 Å². The average Bonchev–Trinajstić information content (AvgIpc) is 2.50. The Morgan fingerprint density at radius 3 is 2.48 bits per heavy atom. The molecule has 0 aliphatic rings. The number of halogens is 1. The van der Waals surface area contributed by atoms with Crippen LogP contribution in [-0.2, 0) is 0 Å². The average molecular weight is 354 g/mol. The van der Waals surface area contributed by atoms with Gasteiger partial charge in [0.05, 0.1) is 0 Å². The first-order valence-electron chi connectivity index (χ1n) is 8.67. The summed E-state index contributed by atoms with van der Waals surface area (Å²) in [5.74, 6) is 1.47. The van der Waals surface area contributed by atoms with E-state index < -0.39 is 0 Å². The van der Waals surface area contributed by atoms with Crippen molar-refractivity contribution >= 4 is 15.9 Å². The van der Waals surface area contributed by atoms with Crippen LogP contribution in [0.15, 0.2) is 28.7 Å². The Morgan fingerprint density at radius 1 is 1.10 bits per heavy atom. The minimum atomic E-state index is 0.619. The van der Waals surface area contributed by atoms with E-state index in [9.17, 15) is 0 Å². The van der Waals surface area contributed by atoms with Gasteiger partial charge >= 0.3 is 0 Å². The smallest absolute Gasteiger partial charge is 0.0210 e. The molecular formula is C19H32BrN. The normalized spacial score (nSPS) is 14.1. The Balaban J connectivity index is 2.74. The third-order valence-electron chi connectivity index (χ3n) is 4.32. The summed E-state index contributed by atoms with van der Waals surface area (Å²) < 4.78 is 1.26. The molecule has 120 valence electrons. The summed E-state index contributed by atoms with van der Waals surface area (Å²) in [4.78, 5) is 0. The van der Waals surface area contributed by atoms with Crippen LogP contribution < -0.4 is 5.32 Å². The highest BCUT2D eigenvalue weighted by Gasteiger charge is 2.18. The van der Waals surface area contributed by atoms with E-state index in [1.165, 1.54) is 48.6 Å². The maximum absolute atomic E-state index is 3.74. The van der Waals surface area contributed by atoms with Gasteiger partial charge in [-0.05, 0) is 42.9 Å². The fraction of sp³-hybridized carbons (Fsp3) is 0.684. The van der Waals surface area contributed by atoms with Crippen LogP contribution in [0.1, 0.15) is 70.8 Å².